The van der Waals surface area contributed by atoms with Crippen molar-refractivity contribution in [3.8, 4) is 11.5 Å². The van der Waals surface area contributed by atoms with E-state index < -0.39 is 7.82 Å². The van der Waals surface area contributed by atoms with E-state index in [9.17, 15) is 9.46 Å². The normalized spacial score (nSPS) is 11.4. The first-order chi connectivity index (χ1) is 10.6. The van der Waals surface area contributed by atoms with Crippen molar-refractivity contribution >= 4 is 77.4 Å². The van der Waals surface area contributed by atoms with Gasteiger partial charge in [0.05, 0.1) is 20.1 Å². The fourth-order valence-corrected chi connectivity index (χ4v) is 4.38. The van der Waals surface area contributed by atoms with Gasteiger partial charge in [0, 0.05) is 10.0 Å². The molecule has 0 aliphatic carbocycles. The first-order valence-electron chi connectivity index (χ1n) is 5.60. The van der Waals surface area contributed by atoms with Crippen molar-refractivity contribution in [3.63, 3.8) is 0 Å². The second-order valence-corrected chi connectivity index (χ2v) is 7.85. The second kappa shape index (κ2) is 7.47. The van der Waals surface area contributed by atoms with Gasteiger partial charge in [-0.15, -0.1) is 0 Å². The molecule has 0 unspecified atom stereocenters. The molecule has 1 N–H and O–H groups in total. The van der Waals surface area contributed by atoms with Crippen LogP contribution in [0.5, 0.6) is 11.5 Å². The molecular weight excluding hydrogens is 452 g/mol. The Labute approximate surface area is 161 Å². The number of phosphoric ester groups is 1. The summed E-state index contributed by atoms with van der Waals surface area (Å²) in [7, 11) is -4.70. The Hall–Kier alpha value is -0.0300. The van der Waals surface area contributed by atoms with Crippen molar-refractivity contribution in [3.05, 3.63) is 54.4 Å². The van der Waals surface area contributed by atoms with E-state index in [1.165, 1.54) is 24.3 Å². The van der Waals surface area contributed by atoms with Gasteiger partial charge in [0.15, 0.2) is 11.5 Å². The molecule has 0 amide bonds. The third-order valence-corrected chi connectivity index (χ3v) is 4.73. The highest BCUT2D eigenvalue weighted by Crippen LogP contribution is 2.52. The third-order valence-electron chi connectivity index (χ3n) is 2.34. The van der Waals surface area contributed by atoms with Crippen molar-refractivity contribution in [2.24, 2.45) is 0 Å². The first kappa shape index (κ1) is 19.3. The van der Waals surface area contributed by atoms with E-state index >= 15 is 0 Å². The minimum absolute atomic E-state index is 0.0753. The zero-order valence-corrected chi connectivity index (χ0v) is 16.1. The SMILES string of the molecule is O=P(O)(Oc1c(Cl)cc(Cl)cc1Cl)Oc1c(Cl)cc(Cl)cc1Cl. The van der Waals surface area contributed by atoms with Gasteiger partial charge < -0.3 is 9.05 Å². The fourth-order valence-electron chi connectivity index (χ4n) is 1.48. The largest absolute Gasteiger partial charge is 0.585 e. The number of rotatable bonds is 4. The van der Waals surface area contributed by atoms with Crippen LogP contribution in [0.25, 0.3) is 0 Å². The van der Waals surface area contributed by atoms with Gasteiger partial charge in [-0.25, -0.2) is 4.57 Å². The fraction of sp³-hybridized carbons (Fsp3) is 0. The van der Waals surface area contributed by atoms with Gasteiger partial charge >= 0.3 is 7.82 Å². The summed E-state index contributed by atoms with van der Waals surface area (Å²) in [4.78, 5) is 9.87. The maximum Gasteiger partial charge on any atom is 0.585 e. The lowest BCUT2D eigenvalue weighted by Gasteiger charge is -2.17. The summed E-state index contributed by atoms with van der Waals surface area (Å²) in [6.45, 7) is 0. The van der Waals surface area contributed by atoms with E-state index in [0.29, 0.717) is 0 Å². The van der Waals surface area contributed by atoms with Gasteiger partial charge in [-0.1, -0.05) is 69.6 Å². The van der Waals surface area contributed by atoms with Crippen LogP contribution in [0.3, 0.4) is 0 Å². The molecule has 2 aromatic carbocycles. The minimum Gasteiger partial charge on any atom is -0.392 e. The first-order valence-corrected chi connectivity index (χ1v) is 9.36. The highest BCUT2D eigenvalue weighted by molar-refractivity contribution is 7.48. The van der Waals surface area contributed by atoms with E-state index in [4.69, 9.17) is 78.7 Å². The molecule has 0 saturated carbocycles. The van der Waals surface area contributed by atoms with Crippen LogP contribution >= 0.6 is 77.4 Å². The van der Waals surface area contributed by atoms with E-state index in [0.717, 1.165) is 0 Å². The molecule has 23 heavy (non-hydrogen) atoms. The van der Waals surface area contributed by atoms with E-state index in [1.807, 2.05) is 0 Å². The van der Waals surface area contributed by atoms with Crippen LogP contribution in [-0.2, 0) is 4.57 Å². The average Bonchev–Trinajstić information content (AvgIpc) is 2.38. The lowest BCUT2D eigenvalue weighted by atomic mass is 10.3. The summed E-state index contributed by atoms with van der Waals surface area (Å²) in [6.07, 6.45) is 0. The summed E-state index contributed by atoms with van der Waals surface area (Å²) in [5.74, 6) is -0.547. The van der Waals surface area contributed by atoms with Crippen LogP contribution in [-0.4, -0.2) is 4.89 Å². The van der Waals surface area contributed by atoms with Crippen molar-refractivity contribution in [2.45, 2.75) is 0 Å². The van der Waals surface area contributed by atoms with Crippen LogP contribution in [0.2, 0.25) is 30.1 Å². The van der Waals surface area contributed by atoms with Crippen molar-refractivity contribution in [1.29, 1.82) is 0 Å². The molecule has 0 fully saturated rings. The third kappa shape index (κ3) is 4.97. The summed E-state index contributed by atoms with van der Waals surface area (Å²) in [5, 5.41) is 0.152. The lowest BCUT2D eigenvalue weighted by Crippen LogP contribution is -2.01. The summed E-state index contributed by atoms with van der Waals surface area (Å²) in [6, 6.07) is 5.14. The van der Waals surface area contributed by atoms with Crippen LogP contribution < -0.4 is 9.05 Å². The molecule has 4 nitrogen and oxygen atoms in total. The Balaban J connectivity index is 2.33. The molecule has 2 rings (SSSR count). The predicted octanol–water partition coefficient (Wildman–Crippen LogP) is 7.17. The molecule has 0 bridgehead atoms. The number of benzene rings is 2. The van der Waals surface area contributed by atoms with Crippen LogP contribution in [0.15, 0.2) is 24.3 Å². The van der Waals surface area contributed by atoms with E-state index in [-0.39, 0.29) is 41.6 Å². The van der Waals surface area contributed by atoms with Gasteiger partial charge in [-0.3, -0.25) is 4.89 Å². The Morgan fingerprint density at radius 1 is 0.696 bits per heavy atom. The Kier molecular flexibility index (Phi) is 6.26. The summed E-state index contributed by atoms with van der Waals surface area (Å²) >= 11 is 35.0. The molecule has 0 saturated heterocycles. The summed E-state index contributed by atoms with van der Waals surface area (Å²) < 4.78 is 21.9. The van der Waals surface area contributed by atoms with Crippen LogP contribution in [0.1, 0.15) is 0 Å². The molecule has 0 aliphatic rings. The second-order valence-electron chi connectivity index (χ2n) is 4.05. The van der Waals surface area contributed by atoms with Gasteiger partial charge in [-0.05, 0) is 24.3 Å². The predicted molar refractivity (Wildman–Crippen MR) is 94.0 cm³/mol. The number of hydrogen-bond acceptors (Lipinski definition) is 3. The Bertz CT molecular complexity index is 703. The monoisotopic (exact) mass is 454 g/mol. The topological polar surface area (TPSA) is 55.8 Å². The average molecular weight is 457 g/mol. The van der Waals surface area contributed by atoms with E-state index in [2.05, 4.69) is 0 Å². The quantitative estimate of drug-likeness (QED) is 0.496. The molecule has 0 aromatic heterocycles. The van der Waals surface area contributed by atoms with Gasteiger partial charge in [-0.2, -0.15) is 0 Å². The zero-order valence-electron chi connectivity index (χ0n) is 10.7. The Morgan fingerprint density at radius 3 is 1.22 bits per heavy atom. The highest BCUT2D eigenvalue weighted by atomic mass is 35.5. The van der Waals surface area contributed by atoms with Crippen molar-refractivity contribution in [2.75, 3.05) is 0 Å². The molecule has 124 valence electrons. The number of hydrogen-bond donors (Lipinski definition) is 1. The van der Waals surface area contributed by atoms with Crippen molar-refractivity contribution < 1.29 is 18.5 Å². The maximum absolute atomic E-state index is 12.1. The zero-order chi connectivity index (χ0) is 17.4. The molecule has 0 aliphatic heterocycles. The molecule has 0 radical (unpaired) electrons. The van der Waals surface area contributed by atoms with E-state index in [1.54, 1.807) is 0 Å². The van der Waals surface area contributed by atoms with Gasteiger partial charge in [0.1, 0.15) is 0 Å². The standard InChI is InChI=1S/C12H5Cl6O4P/c13-5-1-7(15)11(8(16)2-5)21-23(19,20)22-12-9(17)3-6(14)4-10(12)18/h1-4H,(H,19,20). The lowest BCUT2D eigenvalue weighted by molar-refractivity contribution is 0.291. The molecular formula is C12H5Cl6O4P. The minimum atomic E-state index is -4.70. The van der Waals surface area contributed by atoms with Gasteiger partial charge in [0.25, 0.3) is 0 Å². The van der Waals surface area contributed by atoms with Crippen molar-refractivity contribution in [1.82, 2.24) is 0 Å². The number of phosphoric acid groups is 1. The molecule has 11 heteroatoms. The molecule has 2 aromatic rings. The summed E-state index contributed by atoms with van der Waals surface area (Å²) in [5.41, 5.74) is 0. The maximum atomic E-state index is 12.1. The molecule has 0 atom stereocenters. The van der Waals surface area contributed by atoms with Gasteiger partial charge in [0.2, 0.25) is 0 Å². The Morgan fingerprint density at radius 2 is 0.957 bits per heavy atom. The number of halogens is 6. The van der Waals surface area contributed by atoms with Crippen LogP contribution in [0.4, 0.5) is 0 Å². The molecule has 0 spiro atoms. The molecule has 0 heterocycles. The highest BCUT2D eigenvalue weighted by Gasteiger charge is 2.30. The van der Waals surface area contributed by atoms with Crippen LogP contribution in [0, 0.1) is 0 Å². The smallest absolute Gasteiger partial charge is 0.392 e.